The predicted octanol–water partition coefficient (Wildman–Crippen LogP) is 2.38. The average Bonchev–Trinajstić information content (AvgIpc) is 2.79. The number of rotatable bonds is 4. The molecule has 2 fully saturated rings. The van der Waals surface area contributed by atoms with Gasteiger partial charge in [0, 0.05) is 42.5 Å². The standard InChI is InChI=1S/C18H25N3O2/c1-12(2)9-17(22)21-15-3-4-16(21)11-14(10-15)20-18(23)13-5-7-19-8-6-13/h5-8,12,14-16H,3-4,9-11H2,1-2H3,(H,20,23). The van der Waals surface area contributed by atoms with E-state index in [1.165, 1.54) is 0 Å². The molecule has 124 valence electrons. The summed E-state index contributed by atoms with van der Waals surface area (Å²) in [6.07, 6.45) is 7.76. The molecule has 0 aromatic carbocycles. The van der Waals surface area contributed by atoms with E-state index in [1.807, 2.05) is 0 Å². The van der Waals surface area contributed by atoms with Crippen LogP contribution >= 0.6 is 0 Å². The van der Waals surface area contributed by atoms with E-state index < -0.39 is 0 Å². The number of nitrogens with one attached hydrogen (secondary N) is 1. The first-order chi connectivity index (χ1) is 11.0. The minimum atomic E-state index is -0.0428. The van der Waals surface area contributed by atoms with E-state index in [0.29, 0.717) is 30.0 Å². The largest absolute Gasteiger partial charge is 0.349 e. The molecule has 3 rings (SSSR count). The molecule has 23 heavy (non-hydrogen) atoms. The maximum absolute atomic E-state index is 12.5. The lowest BCUT2D eigenvalue weighted by molar-refractivity contribution is -0.136. The first-order valence-electron chi connectivity index (χ1n) is 8.56. The molecule has 2 amide bonds. The molecule has 2 aliphatic heterocycles. The third kappa shape index (κ3) is 3.54. The van der Waals surface area contributed by atoms with E-state index in [9.17, 15) is 9.59 Å². The van der Waals surface area contributed by atoms with Gasteiger partial charge in [-0.1, -0.05) is 13.8 Å². The van der Waals surface area contributed by atoms with Gasteiger partial charge in [-0.05, 0) is 43.7 Å². The summed E-state index contributed by atoms with van der Waals surface area (Å²) in [6, 6.07) is 4.21. The fourth-order valence-electron chi connectivity index (χ4n) is 3.93. The maximum Gasteiger partial charge on any atom is 0.251 e. The van der Waals surface area contributed by atoms with Gasteiger partial charge in [-0.3, -0.25) is 14.6 Å². The fourth-order valence-corrected chi connectivity index (χ4v) is 3.93. The Hall–Kier alpha value is -1.91. The molecule has 1 N–H and O–H groups in total. The number of carbonyl (C=O) groups is 2. The number of hydrogen-bond acceptors (Lipinski definition) is 3. The first kappa shape index (κ1) is 16.0. The Kier molecular flexibility index (Phi) is 4.64. The summed E-state index contributed by atoms with van der Waals surface area (Å²) in [7, 11) is 0. The average molecular weight is 315 g/mol. The Balaban J connectivity index is 1.60. The topological polar surface area (TPSA) is 62.3 Å². The highest BCUT2D eigenvalue weighted by Crippen LogP contribution is 2.36. The van der Waals surface area contributed by atoms with E-state index in [-0.39, 0.29) is 17.9 Å². The van der Waals surface area contributed by atoms with Crippen LogP contribution in [0.15, 0.2) is 24.5 Å². The summed E-state index contributed by atoms with van der Waals surface area (Å²) in [5.74, 6) is 0.635. The number of nitrogens with zero attached hydrogens (tertiary/aromatic N) is 2. The molecule has 2 aliphatic rings. The van der Waals surface area contributed by atoms with E-state index in [4.69, 9.17) is 0 Å². The SMILES string of the molecule is CC(C)CC(=O)N1C2CCC1CC(NC(=O)c1ccncc1)C2. The van der Waals surface area contributed by atoms with Crippen molar-refractivity contribution in [2.24, 2.45) is 5.92 Å². The van der Waals surface area contributed by atoms with Crippen LogP contribution in [0.25, 0.3) is 0 Å². The molecule has 0 spiro atoms. The van der Waals surface area contributed by atoms with Crippen molar-refractivity contribution in [1.29, 1.82) is 0 Å². The second-order valence-corrected chi connectivity index (χ2v) is 7.16. The molecule has 5 heteroatoms. The Morgan fingerprint density at radius 1 is 1.22 bits per heavy atom. The van der Waals surface area contributed by atoms with Gasteiger partial charge in [0.2, 0.25) is 5.91 Å². The molecule has 1 aromatic heterocycles. The monoisotopic (exact) mass is 315 g/mol. The third-order valence-electron chi connectivity index (χ3n) is 4.88. The molecule has 1 aromatic rings. The van der Waals surface area contributed by atoms with Crippen LogP contribution in [0.2, 0.25) is 0 Å². The van der Waals surface area contributed by atoms with E-state index in [0.717, 1.165) is 25.7 Å². The first-order valence-corrected chi connectivity index (χ1v) is 8.56. The molecular formula is C18H25N3O2. The normalized spacial score (nSPS) is 26.4. The van der Waals surface area contributed by atoms with Crippen LogP contribution in [0.4, 0.5) is 0 Å². The van der Waals surface area contributed by atoms with E-state index in [2.05, 4.69) is 29.0 Å². The van der Waals surface area contributed by atoms with E-state index >= 15 is 0 Å². The fraction of sp³-hybridized carbons (Fsp3) is 0.611. The van der Waals surface area contributed by atoms with Gasteiger partial charge >= 0.3 is 0 Å². The summed E-state index contributed by atoms with van der Waals surface area (Å²) in [4.78, 5) is 30.8. The smallest absolute Gasteiger partial charge is 0.251 e. The van der Waals surface area contributed by atoms with Gasteiger partial charge in [-0.2, -0.15) is 0 Å². The zero-order chi connectivity index (χ0) is 16.4. The van der Waals surface area contributed by atoms with Crippen molar-refractivity contribution in [2.75, 3.05) is 0 Å². The molecule has 0 radical (unpaired) electrons. The van der Waals surface area contributed by atoms with Crippen LogP contribution < -0.4 is 5.32 Å². The van der Waals surface area contributed by atoms with Crippen LogP contribution in [0, 0.1) is 5.92 Å². The van der Waals surface area contributed by atoms with Gasteiger partial charge in [-0.15, -0.1) is 0 Å². The minimum Gasteiger partial charge on any atom is -0.349 e. The summed E-state index contributed by atoms with van der Waals surface area (Å²) in [5.41, 5.74) is 0.644. The van der Waals surface area contributed by atoms with Crippen LogP contribution in [0.5, 0.6) is 0 Å². The lowest BCUT2D eigenvalue weighted by atomic mass is 9.95. The molecule has 2 bridgehead atoms. The quantitative estimate of drug-likeness (QED) is 0.928. The molecular weight excluding hydrogens is 290 g/mol. The van der Waals surface area contributed by atoms with Crippen LogP contribution in [-0.4, -0.2) is 39.8 Å². The van der Waals surface area contributed by atoms with Gasteiger partial charge in [-0.25, -0.2) is 0 Å². The Morgan fingerprint density at radius 3 is 2.39 bits per heavy atom. The molecule has 5 nitrogen and oxygen atoms in total. The van der Waals surface area contributed by atoms with Crippen molar-refractivity contribution in [3.63, 3.8) is 0 Å². The summed E-state index contributed by atoms with van der Waals surface area (Å²) >= 11 is 0. The second-order valence-electron chi connectivity index (χ2n) is 7.16. The number of fused-ring (bicyclic) bond motifs is 2. The highest BCUT2D eigenvalue weighted by molar-refractivity contribution is 5.94. The van der Waals surface area contributed by atoms with Crippen molar-refractivity contribution in [3.05, 3.63) is 30.1 Å². The molecule has 3 heterocycles. The molecule has 2 unspecified atom stereocenters. The zero-order valence-electron chi connectivity index (χ0n) is 13.9. The third-order valence-corrected chi connectivity index (χ3v) is 4.88. The van der Waals surface area contributed by atoms with Gasteiger partial charge in [0.25, 0.3) is 5.91 Å². The maximum atomic E-state index is 12.5. The zero-order valence-corrected chi connectivity index (χ0v) is 13.9. The molecule has 0 saturated carbocycles. The Morgan fingerprint density at radius 2 is 1.83 bits per heavy atom. The lowest BCUT2D eigenvalue weighted by Crippen LogP contribution is -2.52. The number of carbonyl (C=O) groups excluding carboxylic acids is 2. The molecule has 2 atom stereocenters. The summed E-state index contributed by atoms with van der Waals surface area (Å²) in [5, 5.41) is 3.13. The number of aromatic nitrogens is 1. The van der Waals surface area contributed by atoms with Crippen molar-refractivity contribution in [1.82, 2.24) is 15.2 Å². The van der Waals surface area contributed by atoms with Crippen LogP contribution in [0.3, 0.4) is 0 Å². The predicted molar refractivity (Wildman–Crippen MR) is 87.8 cm³/mol. The van der Waals surface area contributed by atoms with E-state index in [1.54, 1.807) is 24.5 Å². The minimum absolute atomic E-state index is 0.0428. The van der Waals surface area contributed by atoms with Gasteiger partial charge in [0.15, 0.2) is 0 Å². The van der Waals surface area contributed by atoms with Crippen molar-refractivity contribution in [3.8, 4) is 0 Å². The van der Waals surface area contributed by atoms with Crippen molar-refractivity contribution >= 4 is 11.8 Å². The highest BCUT2D eigenvalue weighted by atomic mass is 16.2. The number of pyridine rings is 1. The Labute approximate surface area is 137 Å². The highest BCUT2D eigenvalue weighted by Gasteiger charge is 2.43. The van der Waals surface area contributed by atoms with Crippen molar-refractivity contribution in [2.45, 2.75) is 64.1 Å². The van der Waals surface area contributed by atoms with Gasteiger partial charge in [0.1, 0.15) is 0 Å². The van der Waals surface area contributed by atoms with Crippen LogP contribution in [0.1, 0.15) is 56.3 Å². The summed E-state index contributed by atoms with van der Waals surface area (Å²) < 4.78 is 0. The number of hydrogen-bond donors (Lipinski definition) is 1. The Bertz CT molecular complexity index is 559. The van der Waals surface area contributed by atoms with Crippen molar-refractivity contribution < 1.29 is 9.59 Å². The number of piperidine rings is 1. The lowest BCUT2D eigenvalue weighted by Gasteiger charge is -2.39. The van der Waals surface area contributed by atoms with Crippen LogP contribution in [-0.2, 0) is 4.79 Å². The molecule has 2 saturated heterocycles. The molecule has 0 aliphatic carbocycles. The summed E-state index contributed by atoms with van der Waals surface area (Å²) in [6.45, 7) is 4.17. The van der Waals surface area contributed by atoms with Gasteiger partial charge in [0.05, 0.1) is 0 Å². The van der Waals surface area contributed by atoms with Gasteiger partial charge < -0.3 is 10.2 Å². The second kappa shape index (κ2) is 6.69. The number of amides is 2.